The zero-order valence-corrected chi connectivity index (χ0v) is 16.4. The van der Waals surface area contributed by atoms with Gasteiger partial charge in [-0.25, -0.2) is 9.37 Å². The zero-order valence-electron chi connectivity index (χ0n) is 15.6. The van der Waals surface area contributed by atoms with E-state index in [4.69, 9.17) is 16.0 Å². The Hall–Kier alpha value is -2.94. The lowest BCUT2D eigenvalue weighted by Crippen LogP contribution is -2.40. The van der Waals surface area contributed by atoms with E-state index >= 15 is 0 Å². The second kappa shape index (κ2) is 9.04. The monoisotopic (exact) mass is 422 g/mol. The average molecular weight is 423 g/mol. The first-order valence-electron chi connectivity index (χ1n) is 9.11. The molecular formula is C19H20ClFN4O4. The number of hydrogen-bond donors (Lipinski definition) is 3. The molecule has 1 heterocycles. The molecule has 0 radical (unpaired) electrons. The van der Waals surface area contributed by atoms with Gasteiger partial charge in [0.1, 0.15) is 5.82 Å². The minimum Gasteiger partial charge on any atom is -0.437 e. The summed E-state index contributed by atoms with van der Waals surface area (Å²) in [7, 11) is 1.43. The molecule has 1 fully saturated rings. The van der Waals surface area contributed by atoms with Crippen molar-refractivity contribution in [3.8, 4) is 0 Å². The normalized spacial score (nSPS) is 18.7. The number of benzene rings is 1. The van der Waals surface area contributed by atoms with Crippen LogP contribution in [-0.4, -0.2) is 35.8 Å². The van der Waals surface area contributed by atoms with Crippen LogP contribution < -0.4 is 16.0 Å². The number of rotatable bonds is 5. The number of nitrogens with one attached hydrogen (secondary N) is 3. The number of hydrogen-bond acceptors (Lipinski definition) is 5. The Balaban J connectivity index is 1.52. The summed E-state index contributed by atoms with van der Waals surface area (Å²) >= 11 is 5.94. The molecule has 1 aliphatic carbocycles. The van der Waals surface area contributed by atoms with E-state index in [-0.39, 0.29) is 34.3 Å². The van der Waals surface area contributed by atoms with Crippen LogP contribution >= 0.6 is 11.6 Å². The standard InChI is InChI=1S/C19H20ClFN4O4/c1-22-18(27)15-16(29-9-23-15)19(28)24-12-5-2-10(3-6-12)17(26)25-14-7-4-11(21)8-13(14)20/h4,7-10,12H,2-3,5-6H2,1H3,(H,22,27)(H,24,28)(H,25,26). The minimum atomic E-state index is -0.521. The maximum absolute atomic E-state index is 13.1. The molecule has 29 heavy (non-hydrogen) atoms. The maximum atomic E-state index is 13.1. The van der Waals surface area contributed by atoms with E-state index in [9.17, 15) is 18.8 Å². The first-order chi connectivity index (χ1) is 13.9. The lowest BCUT2D eigenvalue weighted by molar-refractivity contribution is -0.120. The number of carbonyl (C=O) groups excluding carboxylic acids is 3. The average Bonchev–Trinajstić information content (AvgIpc) is 3.20. The lowest BCUT2D eigenvalue weighted by atomic mass is 9.85. The fourth-order valence-corrected chi connectivity index (χ4v) is 3.48. The third-order valence-electron chi connectivity index (χ3n) is 4.84. The number of nitrogens with zero attached hydrogens (tertiary/aromatic N) is 1. The lowest BCUT2D eigenvalue weighted by Gasteiger charge is -2.28. The van der Waals surface area contributed by atoms with Gasteiger partial charge in [0.2, 0.25) is 11.7 Å². The third-order valence-corrected chi connectivity index (χ3v) is 5.15. The molecular weight excluding hydrogens is 403 g/mol. The van der Waals surface area contributed by atoms with Gasteiger partial charge in [-0.05, 0) is 43.9 Å². The second-order valence-electron chi connectivity index (χ2n) is 6.74. The van der Waals surface area contributed by atoms with E-state index in [2.05, 4.69) is 20.9 Å². The van der Waals surface area contributed by atoms with Gasteiger partial charge in [0.15, 0.2) is 12.1 Å². The van der Waals surface area contributed by atoms with E-state index in [1.807, 2.05) is 0 Å². The smallest absolute Gasteiger partial charge is 0.289 e. The highest BCUT2D eigenvalue weighted by atomic mass is 35.5. The Morgan fingerprint density at radius 3 is 2.55 bits per heavy atom. The second-order valence-corrected chi connectivity index (χ2v) is 7.15. The van der Waals surface area contributed by atoms with Crippen molar-refractivity contribution < 1.29 is 23.2 Å². The van der Waals surface area contributed by atoms with Gasteiger partial charge in [0.05, 0.1) is 10.7 Å². The Kier molecular flexibility index (Phi) is 6.48. The summed E-state index contributed by atoms with van der Waals surface area (Å²) in [6.45, 7) is 0. The molecule has 3 N–H and O–H groups in total. The van der Waals surface area contributed by atoms with Crippen LogP contribution in [0.25, 0.3) is 0 Å². The number of anilines is 1. The summed E-state index contributed by atoms with van der Waals surface area (Å²) in [5.41, 5.74) is 0.287. The molecule has 0 aliphatic heterocycles. The minimum absolute atomic E-state index is 0.0748. The van der Waals surface area contributed by atoms with Crippen LogP contribution in [0.5, 0.6) is 0 Å². The molecule has 1 aromatic carbocycles. The Bertz CT molecular complexity index is 925. The van der Waals surface area contributed by atoms with Gasteiger partial charge < -0.3 is 20.4 Å². The predicted molar refractivity (Wildman–Crippen MR) is 103 cm³/mol. The molecule has 1 saturated carbocycles. The summed E-state index contributed by atoms with van der Waals surface area (Å²) in [6.07, 6.45) is 3.35. The third kappa shape index (κ3) is 4.92. The van der Waals surface area contributed by atoms with Crippen LogP contribution in [0.4, 0.5) is 10.1 Å². The largest absolute Gasteiger partial charge is 0.437 e. The number of halogens is 2. The van der Waals surface area contributed by atoms with E-state index in [0.717, 1.165) is 12.5 Å². The first-order valence-corrected chi connectivity index (χ1v) is 9.49. The molecule has 0 saturated heterocycles. The quantitative estimate of drug-likeness (QED) is 0.685. The van der Waals surface area contributed by atoms with Gasteiger partial charge in [-0.3, -0.25) is 14.4 Å². The molecule has 10 heteroatoms. The highest BCUT2D eigenvalue weighted by molar-refractivity contribution is 6.33. The molecule has 3 amide bonds. The molecule has 0 spiro atoms. The molecule has 2 aromatic rings. The molecule has 8 nitrogen and oxygen atoms in total. The van der Waals surface area contributed by atoms with Gasteiger partial charge in [0.25, 0.3) is 11.8 Å². The SMILES string of the molecule is CNC(=O)c1ncoc1C(=O)NC1CCC(C(=O)Nc2ccc(F)cc2Cl)CC1. The van der Waals surface area contributed by atoms with Crippen LogP contribution in [0.2, 0.25) is 5.02 Å². The van der Waals surface area contributed by atoms with Crippen molar-refractivity contribution in [3.63, 3.8) is 0 Å². The van der Waals surface area contributed by atoms with E-state index in [1.54, 1.807) is 0 Å². The summed E-state index contributed by atoms with van der Waals surface area (Å²) in [5.74, 6) is -2.09. The Morgan fingerprint density at radius 1 is 1.17 bits per heavy atom. The Morgan fingerprint density at radius 2 is 1.90 bits per heavy atom. The molecule has 1 aromatic heterocycles. The van der Waals surface area contributed by atoms with Crippen LogP contribution in [-0.2, 0) is 4.79 Å². The number of amides is 3. The summed E-state index contributed by atoms with van der Waals surface area (Å²) in [6, 6.07) is 3.64. The number of oxazole rings is 1. The van der Waals surface area contributed by atoms with E-state index in [1.165, 1.54) is 19.2 Å². The van der Waals surface area contributed by atoms with Crippen LogP contribution in [0, 0.1) is 11.7 Å². The maximum Gasteiger partial charge on any atom is 0.289 e. The van der Waals surface area contributed by atoms with E-state index < -0.39 is 17.6 Å². The van der Waals surface area contributed by atoms with Crippen molar-refractivity contribution in [2.45, 2.75) is 31.7 Å². The predicted octanol–water partition coefficient (Wildman–Crippen LogP) is 2.75. The number of aromatic nitrogens is 1. The van der Waals surface area contributed by atoms with Crippen molar-refractivity contribution in [3.05, 3.63) is 46.9 Å². The molecule has 0 unspecified atom stereocenters. The first kappa shape index (κ1) is 20.8. The molecule has 1 aliphatic rings. The fourth-order valence-electron chi connectivity index (χ4n) is 3.26. The Labute approximate surface area is 171 Å². The number of carbonyl (C=O) groups is 3. The van der Waals surface area contributed by atoms with Gasteiger partial charge in [-0.15, -0.1) is 0 Å². The highest BCUT2D eigenvalue weighted by Crippen LogP contribution is 2.28. The molecule has 0 atom stereocenters. The summed E-state index contributed by atoms with van der Waals surface area (Å²) in [5, 5.41) is 8.07. The van der Waals surface area contributed by atoms with E-state index in [0.29, 0.717) is 31.4 Å². The van der Waals surface area contributed by atoms with Gasteiger partial charge in [-0.2, -0.15) is 0 Å². The molecule has 0 bridgehead atoms. The van der Waals surface area contributed by atoms with Crippen LogP contribution in [0.15, 0.2) is 29.0 Å². The van der Waals surface area contributed by atoms with Crippen molar-refractivity contribution >= 4 is 35.0 Å². The topological polar surface area (TPSA) is 113 Å². The van der Waals surface area contributed by atoms with Crippen molar-refractivity contribution in [2.75, 3.05) is 12.4 Å². The summed E-state index contributed by atoms with van der Waals surface area (Å²) < 4.78 is 18.2. The van der Waals surface area contributed by atoms with Crippen LogP contribution in [0.3, 0.4) is 0 Å². The van der Waals surface area contributed by atoms with Gasteiger partial charge in [0, 0.05) is 19.0 Å². The van der Waals surface area contributed by atoms with Crippen molar-refractivity contribution in [1.29, 1.82) is 0 Å². The highest BCUT2D eigenvalue weighted by Gasteiger charge is 2.29. The van der Waals surface area contributed by atoms with Gasteiger partial charge in [-0.1, -0.05) is 11.6 Å². The van der Waals surface area contributed by atoms with Gasteiger partial charge >= 0.3 is 0 Å². The molecule has 3 rings (SSSR count). The fraction of sp³-hybridized carbons (Fsp3) is 0.368. The summed E-state index contributed by atoms with van der Waals surface area (Å²) in [4.78, 5) is 40.3. The van der Waals surface area contributed by atoms with Crippen molar-refractivity contribution in [2.24, 2.45) is 5.92 Å². The molecule has 154 valence electrons. The van der Waals surface area contributed by atoms with Crippen molar-refractivity contribution in [1.82, 2.24) is 15.6 Å². The zero-order chi connectivity index (χ0) is 21.0. The van der Waals surface area contributed by atoms with Crippen LogP contribution in [0.1, 0.15) is 46.7 Å².